The summed E-state index contributed by atoms with van der Waals surface area (Å²) in [6.07, 6.45) is -4.04. The molecule has 166 valence electrons. The Kier molecular flexibility index (Phi) is 6.01. The highest BCUT2D eigenvalue weighted by Crippen LogP contribution is 2.35. The van der Waals surface area contributed by atoms with Crippen LogP contribution in [0, 0.1) is 10.1 Å². The maximum absolute atomic E-state index is 12.6. The van der Waals surface area contributed by atoms with Crippen LogP contribution >= 0.6 is 0 Å². The van der Waals surface area contributed by atoms with Gasteiger partial charge < -0.3 is 18.9 Å². The van der Waals surface area contributed by atoms with E-state index in [-0.39, 0.29) is 17.8 Å². The highest BCUT2D eigenvalue weighted by atomic mass is 16.7. The van der Waals surface area contributed by atoms with Crippen LogP contribution in [-0.2, 0) is 33.3 Å². The fraction of sp³-hybridized carbons (Fsp3) is 0.471. The van der Waals surface area contributed by atoms with E-state index in [4.69, 9.17) is 18.9 Å². The van der Waals surface area contributed by atoms with Crippen molar-refractivity contribution in [1.82, 2.24) is 14.5 Å². The standard InChI is InChI=1S/C17H18N4O10/c1-7(22)28-6-12-13(29-8(2)23)14(30-9(3)24)16(31-12)20-11-4-10(21(26)27)5-18-15(11)19-17(20)25/h4-5,12-14,16H,6H2,1-3H3,(H,18,19,25)/t12-,13-,14-,16-/m1/s1. The third-order valence-corrected chi connectivity index (χ3v) is 4.36. The van der Waals surface area contributed by atoms with Crippen LogP contribution in [0.1, 0.15) is 27.0 Å². The fourth-order valence-corrected chi connectivity index (χ4v) is 3.25. The van der Waals surface area contributed by atoms with Crippen molar-refractivity contribution < 1.29 is 38.3 Å². The van der Waals surface area contributed by atoms with Crippen LogP contribution in [0.3, 0.4) is 0 Å². The number of nitrogens with one attached hydrogen (secondary N) is 1. The molecule has 0 aromatic carbocycles. The molecular weight excluding hydrogens is 420 g/mol. The molecule has 3 rings (SSSR count). The number of rotatable bonds is 6. The van der Waals surface area contributed by atoms with Crippen molar-refractivity contribution in [2.24, 2.45) is 0 Å². The predicted molar refractivity (Wildman–Crippen MR) is 98.7 cm³/mol. The smallest absolute Gasteiger partial charge is 0.329 e. The second-order valence-electron chi connectivity index (χ2n) is 6.63. The summed E-state index contributed by atoms with van der Waals surface area (Å²) in [5, 5.41) is 11.1. The first kappa shape index (κ1) is 21.9. The summed E-state index contributed by atoms with van der Waals surface area (Å²) in [5.41, 5.74) is -1.14. The van der Waals surface area contributed by atoms with Gasteiger partial charge in [0.05, 0.1) is 10.4 Å². The number of nitrogens with zero attached hydrogens (tertiary/aromatic N) is 3. The third kappa shape index (κ3) is 4.53. The van der Waals surface area contributed by atoms with Crippen LogP contribution in [0.25, 0.3) is 11.2 Å². The number of ether oxygens (including phenoxy) is 4. The number of carbonyl (C=O) groups excluding carboxylic acids is 3. The molecule has 1 saturated heterocycles. The van der Waals surface area contributed by atoms with Gasteiger partial charge in [-0.15, -0.1) is 0 Å². The van der Waals surface area contributed by atoms with Gasteiger partial charge in [-0.2, -0.15) is 0 Å². The number of aromatic nitrogens is 3. The van der Waals surface area contributed by atoms with Crippen molar-refractivity contribution in [3.8, 4) is 0 Å². The Bertz CT molecular complexity index is 1110. The Labute approximate surface area is 173 Å². The Morgan fingerprint density at radius 2 is 1.84 bits per heavy atom. The number of aromatic amines is 1. The van der Waals surface area contributed by atoms with E-state index in [2.05, 4.69) is 9.97 Å². The lowest BCUT2D eigenvalue weighted by molar-refractivity contribution is -0.385. The van der Waals surface area contributed by atoms with Crippen molar-refractivity contribution in [2.75, 3.05) is 6.61 Å². The summed E-state index contributed by atoms with van der Waals surface area (Å²) >= 11 is 0. The summed E-state index contributed by atoms with van der Waals surface area (Å²) in [4.78, 5) is 63.9. The molecule has 0 radical (unpaired) electrons. The van der Waals surface area contributed by atoms with Gasteiger partial charge in [-0.3, -0.25) is 34.0 Å². The third-order valence-electron chi connectivity index (χ3n) is 4.36. The minimum Gasteiger partial charge on any atom is -0.463 e. The van der Waals surface area contributed by atoms with Crippen LogP contribution in [0.4, 0.5) is 5.69 Å². The SMILES string of the molecule is CC(=O)OC[C@H]1O[C@@H](n2c(=O)[nH]c3ncc([N+](=O)[O-])cc32)[C@H](OC(C)=O)[C@@H]1OC(C)=O. The maximum Gasteiger partial charge on any atom is 0.329 e. The van der Waals surface area contributed by atoms with Gasteiger partial charge in [0.15, 0.2) is 24.1 Å². The number of fused-ring (bicyclic) bond motifs is 1. The fourth-order valence-electron chi connectivity index (χ4n) is 3.25. The quantitative estimate of drug-likeness (QED) is 0.276. The van der Waals surface area contributed by atoms with E-state index in [1.165, 1.54) is 0 Å². The monoisotopic (exact) mass is 438 g/mol. The van der Waals surface area contributed by atoms with Gasteiger partial charge in [-0.1, -0.05) is 0 Å². The molecule has 2 aromatic rings. The van der Waals surface area contributed by atoms with E-state index in [0.29, 0.717) is 0 Å². The van der Waals surface area contributed by atoms with Crippen LogP contribution in [0.5, 0.6) is 0 Å². The van der Waals surface area contributed by atoms with E-state index >= 15 is 0 Å². The van der Waals surface area contributed by atoms with Crippen molar-refractivity contribution in [1.29, 1.82) is 0 Å². The molecule has 1 fully saturated rings. The van der Waals surface area contributed by atoms with Gasteiger partial charge in [-0.05, 0) is 0 Å². The number of pyridine rings is 1. The van der Waals surface area contributed by atoms with E-state index in [1.54, 1.807) is 0 Å². The maximum atomic E-state index is 12.6. The Morgan fingerprint density at radius 3 is 2.42 bits per heavy atom. The average molecular weight is 438 g/mol. The van der Waals surface area contributed by atoms with Crippen molar-refractivity contribution in [3.05, 3.63) is 32.9 Å². The molecule has 14 nitrogen and oxygen atoms in total. The minimum atomic E-state index is -1.36. The first-order valence-corrected chi connectivity index (χ1v) is 8.96. The summed E-state index contributed by atoms with van der Waals surface area (Å²) in [7, 11) is 0. The zero-order valence-electron chi connectivity index (χ0n) is 16.6. The Balaban J connectivity index is 2.11. The molecule has 1 aliphatic heterocycles. The molecule has 1 N–H and O–H groups in total. The highest BCUT2D eigenvalue weighted by molar-refractivity contribution is 5.73. The highest BCUT2D eigenvalue weighted by Gasteiger charge is 2.51. The molecule has 1 aliphatic rings. The summed E-state index contributed by atoms with van der Waals surface area (Å²) < 4.78 is 22.2. The number of esters is 3. The average Bonchev–Trinajstić information content (AvgIpc) is 3.15. The van der Waals surface area contributed by atoms with Crippen LogP contribution < -0.4 is 5.69 Å². The van der Waals surface area contributed by atoms with Gasteiger partial charge in [0.2, 0.25) is 0 Å². The predicted octanol–water partition coefficient (Wildman–Crippen LogP) is -0.0433. The van der Waals surface area contributed by atoms with E-state index in [0.717, 1.165) is 37.6 Å². The van der Waals surface area contributed by atoms with Gasteiger partial charge in [0.1, 0.15) is 18.9 Å². The van der Waals surface area contributed by atoms with E-state index in [1.807, 2.05) is 0 Å². The second-order valence-corrected chi connectivity index (χ2v) is 6.63. The summed E-state index contributed by atoms with van der Waals surface area (Å²) in [6.45, 7) is 3.01. The lowest BCUT2D eigenvalue weighted by Crippen LogP contribution is -2.41. The molecule has 3 heterocycles. The number of hydrogen-bond donors (Lipinski definition) is 1. The molecule has 0 bridgehead atoms. The number of hydrogen-bond acceptors (Lipinski definition) is 11. The second kappa shape index (κ2) is 8.51. The molecule has 0 unspecified atom stereocenters. The number of carbonyl (C=O) groups is 3. The molecule has 31 heavy (non-hydrogen) atoms. The number of H-pyrrole nitrogens is 1. The molecule has 0 saturated carbocycles. The number of nitro groups is 1. The first-order valence-electron chi connectivity index (χ1n) is 8.96. The van der Waals surface area contributed by atoms with Crippen molar-refractivity contribution >= 4 is 34.8 Å². The number of imidazole rings is 1. The van der Waals surface area contributed by atoms with Crippen LogP contribution in [-0.4, -0.2) is 62.3 Å². The molecule has 2 aromatic heterocycles. The summed E-state index contributed by atoms with van der Waals surface area (Å²) in [6, 6.07) is 1.09. The van der Waals surface area contributed by atoms with Gasteiger partial charge in [-0.25, -0.2) is 9.78 Å². The zero-order chi connectivity index (χ0) is 22.9. The lowest BCUT2D eigenvalue weighted by Gasteiger charge is -2.23. The van der Waals surface area contributed by atoms with Crippen molar-refractivity contribution in [2.45, 2.75) is 45.3 Å². The van der Waals surface area contributed by atoms with Crippen LogP contribution in [0.2, 0.25) is 0 Å². The lowest BCUT2D eigenvalue weighted by atomic mass is 10.1. The topological polar surface area (TPSA) is 182 Å². The molecule has 0 amide bonds. The molecule has 0 spiro atoms. The zero-order valence-corrected chi connectivity index (χ0v) is 16.6. The Hall–Kier alpha value is -3.81. The van der Waals surface area contributed by atoms with Crippen molar-refractivity contribution in [3.63, 3.8) is 0 Å². The normalized spacial score (nSPS) is 22.8. The molecule has 0 aliphatic carbocycles. The van der Waals surface area contributed by atoms with E-state index < -0.39 is 58.7 Å². The van der Waals surface area contributed by atoms with E-state index in [9.17, 15) is 29.3 Å². The minimum absolute atomic E-state index is 0.00365. The largest absolute Gasteiger partial charge is 0.463 e. The summed E-state index contributed by atoms with van der Waals surface area (Å²) in [5.74, 6) is -2.13. The van der Waals surface area contributed by atoms with Gasteiger partial charge in [0.25, 0.3) is 5.69 Å². The molecule has 14 heteroatoms. The molecule has 4 atom stereocenters. The van der Waals surface area contributed by atoms with Gasteiger partial charge >= 0.3 is 23.6 Å². The van der Waals surface area contributed by atoms with Crippen LogP contribution in [0.15, 0.2) is 17.1 Å². The molecular formula is C17H18N4O10. The first-order chi connectivity index (χ1) is 14.6. The van der Waals surface area contributed by atoms with Gasteiger partial charge in [0, 0.05) is 26.8 Å². The Morgan fingerprint density at radius 1 is 1.19 bits per heavy atom.